The fourth-order valence-corrected chi connectivity index (χ4v) is 6.43. The van der Waals surface area contributed by atoms with E-state index in [1.54, 1.807) is 7.11 Å². The first kappa shape index (κ1) is 22.0. The molecule has 2 saturated heterocycles. The molecule has 0 amide bonds. The van der Waals surface area contributed by atoms with Gasteiger partial charge in [-0.2, -0.15) is 0 Å². The maximum absolute atomic E-state index is 5.51. The molecule has 4 aliphatic heterocycles. The lowest BCUT2D eigenvalue weighted by atomic mass is 9.99. The number of fused-ring (bicyclic) bond motifs is 4. The number of methoxy groups -OCH3 is 1. The lowest BCUT2D eigenvalue weighted by molar-refractivity contribution is 0.0246. The molecule has 0 radical (unpaired) electrons. The zero-order valence-electron chi connectivity index (χ0n) is 20.5. The number of likely N-dealkylation sites (N-methyl/N-ethyl adjacent to an activating group) is 1. The quantitative estimate of drug-likeness (QED) is 0.753. The predicted molar refractivity (Wildman–Crippen MR) is 137 cm³/mol. The van der Waals surface area contributed by atoms with Crippen LogP contribution in [0.3, 0.4) is 0 Å². The molecule has 2 fully saturated rings. The smallest absolute Gasteiger partial charge is 0.137 e. The van der Waals surface area contributed by atoms with Crippen molar-refractivity contribution >= 4 is 17.6 Å². The predicted octanol–water partition coefficient (Wildman–Crippen LogP) is 2.56. The van der Waals surface area contributed by atoms with Crippen molar-refractivity contribution in [2.24, 2.45) is 0 Å². The second-order valence-electron chi connectivity index (χ2n) is 10.2. The van der Waals surface area contributed by atoms with Gasteiger partial charge in [-0.3, -0.25) is 9.80 Å². The van der Waals surface area contributed by atoms with Gasteiger partial charge in [-0.05, 0) is 48.4 Å². The SMILES string of the molecule is COC[C@@H]1CNCCN1c1ccc2c(c1)CN1[C@H](C)CN(C3C=Cc4cccnc4N3C)C[C@H]21. The number of hydrogen-bond acceptors (Lipinski definition) is 7. The molecule has 6 rings (SSSR count). The number of nitrogens with one attached hydrogen (secondary N) is 1. The number of rotatable bonds is 4. The van der Waals surface area contributed by atoms with Gasteiger partial charge >= 0.3 is 0 Å². The van der Waals surface area contributed by atoms with Gasteiger partial charge in [0.1, 0.15) is 12.0 Å². The number of benzene rings is 1. The fraction of sp³-hybridized carbons (Fsp3) is 0.519. The first-order chi connectivity index (χ1) is 16.6. The van der Waals surface area contributed by atoms with Crippen LogP contribution in [0.4, 0.5) is 11.5 Å². The third-order valence-electron chi connectivity index (χ3n) is 8.12. The topological polar surface area (TPSA) is 47.1 Å². The highest BCUT2D eigenvalue weighted by Gasteiger charge is 2.41. The number of hydrogen-bond donors (Lipinski definition) is 1. The maximum Gasteiger partial charge on any atom is 0.137 e. The van der Waals surface area contributed by atoms with E-state index in [9.17, 15) is 0 Å². The summed E-state index contributed by atoms with van der Waals surface area (Å²) in [4.78, 5) is 14.9. The highest BCUT2D eigenvalue weighted by atomic mass is 16.5. The summed E-state index contributed by atoms with van der Waals surface area (Å²) in [6, 6.07) is 12.7. The van der Waals surface area contributed by atoms with Crippen LogP contribution < -0.4 is 15.1 Å². The number of aromatic nitrogens is 1. The summed E-state index contributed by atoms with van der Waals surface area (Å²) in [6.07, 6.45) is 6.71. The van der Waals surface area contributed by atoms with E-state index in [2.05, 4.69) is 80.3 Å². The summed E-state index contributed by atoms with van der Waals surface area (Å²) < 4.78 is 5.51. The Bertz CT molecular complexity index is 1070. The second kappa shape index (κ2) is 8.96. The number of piperazine rings is 2. The van der Waals surface area contributed by atoms with Gasteiger partial charge < -0.3 is 19.9 Å². The van der Waals surface area contributed by atoms with E-state index in [1.165, 1.54) is 22.4 Å². The van der Waals surface area contributed by atoms with E-state index >= 15 is 0 Å². The molecule has 4 aliphatic rings. The van der Waals surface area contributed by atoms with E-state index in [0.29, 0.717) is 18.1 Å². The molecular formula is C27H36N6O. The van der Waals surface area contributed by atoms with Crippen molar-refractivity contribution in [2.45, 2.75) is 37.8 Å². The van der Waals surface area contributed by atoms with E-state index in [4.69, 9.17) is 4.74 Å². The van der Waals surface area contributed by atoms with Crippen molar-refractivity contribution in [2.75, 3.05) is 63.3 Å². The Morgan fingerprint density at radius 2 is 2.12 bits per heavy atom. The second-order valence-corrected chi connectivity index (χ2v) is 10.2. The van der Waals surface area contributed by atoms with Gasteiger partial charge in [-0.1, -0.05) is 12.1 Å². The van der Waals surface area contributed by atoms with Crippen LogP contribution in [0.15, 0.2) is 42.6 Å². The number of ether oxygens (including phenoxy) is 1. The summed E-state index contributed by atoms with van der Waals surface area (Å²) in [7, 11) is 3.98. The van der Waals surface area contributed by atoms with Crippen LogP contribution in [0, 0.1) is 0 Å². The summed E-state index contributed by atoms with van der Waals surface area (Å²) in [5.41, 5.74) is 5.53. The van der Waals surface area contributed by atoms with Crippen molar-refractivity contribution in [3.63, 3.8) is 0 Å². The lowest BCUT2D eigenvalue weighted by Crippen LogP contribution is -2.57. The van der Waals surface area contributed by atoms with Crippen LogP contribution in [-0.2, 0) is 11.3 Å². The Morgan fingerprint density at radius 1 is 1.21 bits per heavy atom. The third kappa shape index (κ3) is 3.71. The minimum atomic E-state index is 0.242. The molecule has 180 valence electrons. The Hall–Kier alpha value is -2.45. The first-order valence-corrected chi connectivity index (χ1v) is 12.6. The van der Waals surface area contributed by atoms with Crippen LogP contribution in [-0.4, -0.2) is 86.5 Å². The molecule has 0 aliphatic carbocycles. The zero-order chi connectivity index (χ0) is 23.2. The van der Waals surface area contributed by atoms with Crippen LogP contribution >= 0.6 is 0 Å². The van der Waals surface area contributed by atoms with Gasteiger partial charge in [-0.15, -0.1) is 0 Å². The molecule has 0 spiro atoms. The molecule has 1 N–H and O–H groups in total. The van der Waals surface area contributed by atoms with Crippen LogP contribution in [0.5, 0.6) is 0 Å². The van der Waals surface area contributed by atoms with Crippen molar-refractivity contribution < 1.29 is 4.74 Å². The molecule has 1 aromatic carbocycles. The first-order valence-electron chi connectivity index (χ1n) is 12.6. The number of pyridine rings is 1. The monoisotopic (exact) mass is 460 g/mol. The van der Waals surface area contributed by atoms with E-state index in [0.717, 1.165) is 51.7 Å². The van der Waals surface area contributed by atoms with E-state index in [-0.39, 0.29) is 6.17 Å². The van der Waals surface area contributed by atoms with E-state index < -0.39 is 0 Å². The Labute approximate surface area is 203 Å². The van der Waals surface area contributed by atoms with Gasteiger partial charge in [0.2, 0.25) is 0 Å². The van der Waals surface area contributed by atoms with Crippen LogP contribution in [0.2, 0.25) is 0 Å². The average molecular weight is 461 g/mol. The van der Waals surface area contributed by atoms with E-state index in [1.807, 2.05) is 12.3 Å². The highest BCUT2D eigenvalue weighted by molar-refractivity contribution is 5.68. The Morgan fingerprint density at radius 3 is 3.00 bits per heavy atom. The van der Waals surface area contributed by atoms with Gasteiger partial charge in [0.05, 0.1) is 12.6 Å². The Balaban J connectivity index is 1.24. The third-order valence-corrected chi connectivity index (χ3v) is 8.12. The molecule has 2 aromatic rings. The standard InChI is InChI=1S/C27H36N6O/c1-19-15-31(26-9-6-20-5-4-10-29-27(20)30(26)2)17-25-24-8-7-22(13-21(24)16-33(19)25)32-12-11-28-14-23(32)18-34-3/h4-10,13,19,23,25-26,28H,11-12,14-18H2,1-3H3/t19-,23+,25-,26?/m1/s1. The molecule has 1 unspecified atom stereocenters. The van der Waals surface area contributed by atoms with Gasteiger partial charge in [0.25, 0.3) is 0 Å². The maximum atomic E-state index is 5.51. The summed E-state index contributed by atoms with van der Waals surface area (Å²) >= 11 is 0. The number of nitrogens with zero attached hydrogens (tertiary/aromatic N) is 5. The summed E-state index contributed by atoms with van der Waals surface area (Å²) in [5.74, 6) is 1.07. The summed E-state index contributed by atoms with van der Waals surface area (Å²) in [5, 5.41) is 3.51. The van der Waals surface area contributed by atoms with Crippen molar-refractivity contribution in [3.05, 3.63) is 59.3 Å². The lowest BCUT2D eigenvalue weighted by Gasteiger charge is -2.48. The zero-order valence-corrected chi connectivity index (χ0v) is 20.5. The largest absolute Gasteiger partial charge is 0.383 e. The van der Waals surface area contributed by atoms with Crippen molar-refractivity contribution in [1.82, 2.24) is 20.1 Å². The molecule has 7 nitrogen and oxygen atoms in total. The molecule has 0 bridgehead atoms. The molecule has 7 heteroatoms. The number of anilines is 2. The van der Waals surface area contributed by atoms with Gasteiger partial charge in [-0.25, -0.2) is 4.98 Å². The summed E-state index contributed by atoms with van der Waals surface area (Å²) in [6.45, 7) is 9.32. The molecule has 4 atom stereocenters. The van der Waals surface area contributed by atoms with Crippen molar-refractivity contribution in [3.8, 4) is 0 Å². The molecular weight excluding hydrogens is 424 g/mol. The van der Waals surface area contributed by atoms with Gasteiger partial charge in [0.15, 0.2) is 0 Å². The minimum absolute atomic E-state index is 0.242. The Kier molecular flexibility index (Phi) is 5.81. The van der Waals surface area contributed by atoms with Crippen LogP contribution in [0.1, 0.15) is 29.7 Å². The fourth-order valence-electron chi connectivity index (χ4n) is 6.43. The molecule has 5 heterocycles. The van der Waals surface area contributed by atoms with Gasteiger partial charge in [0, 0.05) is 83.0 Å². The van der Waals surface area contributed by atoms with Crippen molar-refractivity contribution in [1.29, 1.82) is 0 Å². The molecule has 0 saturated carbocycles. The van der Waals surface area contributed by atoms with Crippen LogP contribution in [0.25, 0.3) is 6.08 Å². The normalized spacial score (nSPS) is 29.1. The highest BCUT2D eigenvalue weighted by Crippen LogP contribution is 2.41. The minimum Gasteiger partial charge on any atom is -0.383 e. The molecule has 1 aromatic heterocycles. The average Bonchev–Trinajstić information content (AvgIpc) is 3.23. The molecule has 34 heavy (non-hydrogen) atoms.